The van der Waals surface area contributed by atoms with Gasteiger partial charge in [-0.15, -0.1) is 6.58 Å². The van der Waals surface area contributed by atoms with E-state index < -0.39 is 20.0 Å². The molecule has 1 aromatic carbocycles. The van der Waals surface area contributed by atoms with Crippen LogP contribution in [0.5, 0.6) is 0 Å². The highest BCUT2D eigenvalue weighted by Crippen LogP contribution is 2.36. The van der Waals surface area contributed by atoms with Crippen molar-refractivity contribution in [2.75, 3.05) is 13.7 Å². The van der Waals surface area contributed by atoms with Crippen LogP contribution in [0.2, 0.25) is 18.1 Å². The summed E-state index contributed by atoms with van der Waals surface area (Å²) in [6.07, 6.45) is 2.32. The highest BCUT2D eigenvalue weighted by atomic mass is 28.4. The number of carbonyl (C=O) groups excluding carboxylic acids is 1. The number of benzene rings is 1. The third-order valence-electron chi connectivity index (χ3n) is 5.21. The normalized spacial score (nSPS) is 13.2. The lowest BCUT2D eigenvalue weighted by Gasteiger charge is -2.38. The molecule has 152 valence electrons. The van der Waals surface area contributed by atoms with Crippen molar-refractivity contribution in [1.82, 2.24) is 10.2 Å². The lowest BCUT2D eigenvalue weighted by atomic mass is 10.2. The average Bonchev–Trinajstić information content (AvgIpc) is 2.58. The molecule has 0 aliphatic heterocycles. The second-order valence-corrected chi connectivity index (χ2v) is 13.0. The molecule has 0 aliphatic rings. The van der Waals surface area contributed by atoms with E-state index in [1.165, 1.54) is 17.0 Å². The molecule has 0 radical (unpaired) electrons. The second kappa shape index (κ2) is 9.46. The second-order valence-electron chi connectivity index (χ2n) is 8.23. The number of likely N-dealkylation sites (N-methyl/N-ethyl adjacent to an activating group) is 1. The number of hydrogen-bond acceptors (Lipinski definition) is 2. The van der Waals surface area contributed by atoms with Gasteiger partial charge in [-0.25, -0.2) is 13.6 Å². The van der Waals surface area contributed by atoms with Gasteiger partial charge in [0.2, 0.25) is 0 Å². The van der Waals surface area contributed by atoms with Crippen molar-refractivity contribution in [3.63, 3.8) is 0 Å². The molecule has 2 amide bonds. The van der Waals surface area contributed by atoms with Gasteiger partial charge in [-0.2, -0.15) is 0 Å². The predicted octanol–water partition coefficient (Wildman–Crippen LogP) is 5.07. The lowest BCUT2D eigenvalue weighted by molar-refractivity contribution is 0.152. The Morgan fingerprint density at radius 3 is 2.56 bits per heavy atom. The summed E-state index contributed by atoms with van der Waals surface area (Å²) < 4.78 is 33.2. The van der Waals surface area contributed by atoms with Gasteiger partial charge < -0.3 is 14.6 Å². The van der Waals surface area contributed by atoms with Gasteiger partial charge in [0.25, 0.3) is 0 Å². The lowest BCUT2D eigenvalue weighted by Crippen LogP contribution is -2.49. The van der Waals surface area contributed by atoms with Gasteiger partial charge in [0.15, 0.2) is 20.0 Å². The summed E-state index contributed by atoms with van der Waals surface area (Å²) in [6.45, 7) is 14.9. The number of amides is 2. The van der Waals surface area contributed by atoms with Crippen molar-refractivity contribution < 1.29 is 18.0 Å². The summed E-state index contributed by atoms with van der Waals surface area (Å²) in [5, 5.41) is 2.71. The maximum absolute atomic E-state index is 13.7. The molecular weight excluding hydrogens is 366 g/mol. The Balaban J connectivity index is 2.73. The summed E-state index contributed by atoms with van der Waals surface area (Å²) >= 11 is 0. The van der Waals surface area contributed by atoms with Crippen molar-refractivity contribution in [2.45, 2.75) is 57.9 Å². The molecule has 1 atom stereocenters. The molecule has 0 unspecified atom stereocenters. The predicted molar refractivity (Wildman–Crippen MR) is 108 cm³/mol. The van der Waals surface area contributed by atoms with Crippen LogP contribution >= 0.6 is 0 Å². The van der Waals surface area contributed by atoms with Gasteiger partial charge in [0.05, 0.1) is 12.6 Å². The molecule has 0 aliphatic carbocycles. The van der Waals surface area contributed by atoms with Gasteiger partial charge in [0.1, 0.15) is 0 Å². The Kier molecular flexibility index (Phi) is 8.17. The van der Waals surface area contributed by atoms with E-state index in [9.17, 15) is 13.6 Å². The third kappa shape index (κ3) is 6.43. The van der Waals surface area contributed by atoms with Crippen LogP contribution in [0.25, 0.3) is 0 Å². The largest absolute Gasteiger partial charge is 0.415 e. The Hall–Kier alpha value is -1.73. The van der Waals surface area contributed by atoms with Gasteiger partial charge in [-0.05, 0) is 30.6 Å². The van der Waals surface area contributed by atoms with Crippen LogP contribution in [0.3, 0.4) is 0 Å². The van der Waals surface area contributed by atoms with Gasteiger partial charge in [-0.1, -0.05) is 39.0 Å². The zero-order valence-corrected chi connectivity index (χ0v) is 18.2. The minimum atomic E-state index is -1.95. The van der Waals surface area contributed by atoms with Gasteiger partial charge >= 0.3 is 6.03 Å². The minimum Gasteiger partial charge on any atom is -0.415 e. The van der Waals surface area contributed by atoms with Crippen LogP contribution in [0.4, 0.5) is 13.6 Å². The van der Waals surface area contributed by atoms with E-state index >= 15 is 0 Å². The molecular formula is C20H32F2N2O2Si. The maximum Gasteiger partial charge on any atom is 0.317 e. The molecule has 4 nitrogen and oxygen atoms in total. The van der Waals surface area contributed by atoms with E-state index in [0.717, 1.165) is 6.07 Å². The van der Waals surface area contributed by atoms with E-state index in [1.54, 1.807) is 13.1 Å². The highest BCUT2D eigenvalue weighted by molar-refractivity contribution is 6.74. The van der Waals surface area contributed by atoms with E-state index in [4.69, 9.17) is 4.43 Å². The summed E-state index contributed by atoms with van der Waals surface area (Å²) in [5.41, 5.74) is 0.106. The van der Waals surface area contributed by atoms with Crippen LogP contribution in [0, 0.1) is 11.6 Å². The van der Waals surface area contributed by atoms with E-state index in [-0.39, 0.29) is 29.2 Å². The highest BCUT2D eigenvalue weighted by Gasteiger charge is 2.38. The molecule has 0 heterocycles. The third-order valence-corrected chi connectivity index (χ3v) is 9.71. The van der Waals surface area contributed by atoms with E-state index in [2.05, 4.69) is 45.8 Å². The number of nitrogens with zero attached hydrogens (tertiary/aromatic N) is 1. The average molecular weight is 399 g/mol. The summed E-state index contributed by atoms with van der Waals surface area (Å²) in [6, 6.07) is 3.35. The monoisotopic (exact) mass is 398 g/mol. The Labute approximate surface area is 162 Å². The van der Waals surface area contributed by atoms with Gasteiger partial charge in [-0.3, -0.25) is 0 Å². The zero-order chi connectivity index (χ0) is 20.8. The van der Waals surface area contributed by atoms with E-state index in [0.29, 0.717) is 13.0 Å². The Bertz CT molecular complexity index is 660. The Morgan fingerprint density at radius 2 is 2.00 bits per heavy atom. The number of halogens is 2. The number of rotatable bonds is 8. The summed E-state index contributed by atoms with van der Waals surface area (Å²) in [5.74, 6) is -1.87. The number of nitrogens with one attached hydrogen (secondary N) is 1. The summed E-state index contributed by atoms with van der Waals surface area (Å²) in [7, 11) is -0.279. The molecule has 27 heavy (non-hydrogen) atoms. The topological polar surface area (TPSA) is 41.6 Å². The molecule has 0 bridgehead atoms. The molecule has 1 N–H and O–H groups in total. The fraction of sp³-hybridized carbons (Fsp3) is 0.550. The van der Waals surface area contributed by atoms with Crippen LogP contribution in [0.1, 0.15) is 32.8 Å². The van der Waals surface area contributed by atoms with Crippen molar-refractivity contribution in [3.8, 4) is 0 Å². The molecule has 0 aromatic heterocycles. The molecule has 0 saturated carbocycles. The fourth-order valence-corrected chi connectivity index (χ4v) is 3.24. The maximum atomic E-state index is 13.7. The standard InChI is InChI=1S/C20H32F2N2O2Si/c1-8-10-16(14-26-27(6,7)20(2,3)4)24(5)19(25)23-13-15-11-9-12-17(21)18(15)22/h8-9,11-12,16H,1,10,13-14H2,2-7H3,(H,23,25)/t16-/m0/s1. The van der Waals surface area contributed by atoms with E-state index in [1.807, 2.05) is 0 Å². The van der Waals surface area contributed by atoms with Crippen LogP contribution in [-0.4, -0.2) is 38.9 Å². The van der Waals surface area contributed by atoms with Crippen LogP contribution in [-0.2, 0) is 11.0 Å². The fourth-order valence-electron chi connectivity index (χ4n) is 2.20. The van der Waals surface area contributed by atoms with Crippen molar-refractivity contribution in [1.29, 1.82) is 0 Å². The first-order valence-corrected chi connectivity index (χ1v) is 12.0. The quantitative estimate of drug-likeness (QED) is 0.490. The molecule has 0 saturated heterocycles. The first kappa shape index (κ1) is 23.3. The number of carbonyl (C=O) groups is 1. The number of hydrogen-bond donors (Lipinski definition) is 1. The number of urea groups is 1. The smallest absolute Gasteiger partial charge is 0.317 e. The van der Waals surface area contributed by atoms with Crippen molar-refractivity contribution in [3.05, 3.63) is 48.1 Å². The van der Waals surface area contributed by atoms with Crippen molar-refractivity contribution >= 4 is 14.3 Å². The first-order chi connectivity index (χ1) is 12.4. The van der Waals surface area contributed by atoms with Crippen molar-refractivity contribution in [2.24, 2.45) is 0 Å². The molecule has 0 spiro atoms. The molecule has 0 fully saturated rings. The van der Waals surface area contributed by atoms with Crippen LogP contribution in [0.15, 0.2) is 30.9 Å². The minimum absolute atomic E-state index is 0.0709. The first-order valence-electron chi connectivity index (χ1n) is 9.09. The van der Waals surface area contributed by atoms with Gasteiger partial charge in [0, 0.05) is 19.2 Å². The SMILES string of the molecule is C=CC[C@@H](CO[Si](C)(C)C(C)(C)C)N(C)C(=O)NCc1cccc(F)c1F. The molecule has 1 aromatic rings. The molecule has 7 heteroatoms. The Morgan fingerprint density at radius 1 is 1.37 bits per heavy atom. The molecule has 1 rings (SSSR count). The summed E-state index contributed by atoms with van der Waals surface area (Å²) in [4.78, 5) is 14.0. The zero-order valence-electron chi connectivity index (χ0n) is 17.2. The van der Waals surface area contributed by atoms with Crippen LogP contribution < -0.4 is 5.32 Å².